The molecule has 1 amide bonds. The summed E-state index contributed by atoms with van der Waals surface area (Å²) in [5.74, 6) is -0.657. The van der Waals surface area contributed by atoms with E-state index in [1.54, 1.807) is 47.4 Å². The highest BCUT2D eigenvalue weighted by molar-refractivity contribution is 7.89. The average molecular weight is 412 g/mol. The van der Waals surface area contributed by atoms with Gasteiger partial charge in [0.25, 0.3) is 5.91 Å². The van der Waals surface area contributed by atoms with Crippen LogP contribution in [0.4, 0.5) is 5.69 Å². The molecule has 29 heavy (non-hydrogen) atoms. The molecule has 1 saturated heterocycles. The van der Waals surface area contributed by atoms with Crippen molar-refractivity contribution in [3.8, 4) is 11.4 Å². The van der Waals surface area contributed by atoms with Crippen molar-refractivity contribution in [1.29, 1.82) is 0 Å². The molecule has 0 bridgehead atoms. The van der Waals surface area contributed by atoms with E-state index in [0.717, 1.165) is 18.5 Å². The molecule has 2 aromatic carbocycles. The molecule has 0 aliphatic carbocycles. The van der Waals surface area contributed by atoms with Crippen molar-refractivity contribution in [1.82, 2.24) is 14.1 Å². The van der Waals surface area contributed by atoms with Crippen molar-refractivity contribution in [2.75, 3.05) is 18.4 Å². The van der Waals surface area contributed by atoms with Crippen LogP contribution in [0.25, 0.3) is 5.69 Å². The molecule has 1 aliphatic heterocycles. The summed E-state index contributed by atoms with van der Waals surface area (Å²) in [4.78, 5) is 12.6. The predicted molar refractivity (Wildman–Crippen MR) is 108 cm³/mol. The summed E-state index contributed by atoms with van der Waals surface area (Å²) in [6.45, 7) is 0.959. The third-order valence-electron chi connectivity index (χ3n) is 4.82. The smallest absolute Gasteiger partial charge is 0.255 e. The van der Waals surface area contributed by atoms with E-state index in [1.165, 1.54) is 22.5 Å². The monoisotopic (exact) mass is 412 g/mol. The number of phenolic OH excluding ortho intramolecular Hbond substituents is 1. The Kier molecular flexibility index (Phi) is 5.08. The zero-order valence-corrected chi connectivity index (χ0v) is 16.3. The molecule has 0 unspecified atom stereocenters. The summed E-state index contributed by atoms with van der Waals surface area (Å²) >= 11 is 0. The summed E-state index contributed by atoms with van der Waals surface area (Å²) < 4.78 is 28.5. The Morgan fingerprint density at radius 1 is 1.07 bits per heavy atom. The number of amides is 1. The standard InChI is InChI=1S/C20H20N4O4S/c25-19-9-8-17(29(27,28)23-11-1-2-12-23)14-18(19)22-20(26)15-4-6-16(7-5-15)24-13-3-10-21-24/h3-10,13-14,25H,1-2,11-12H2,(H,22,26). The van der Waals surface area contributed by atoms with Crippen LogP contribution >= 0.6 is 0 Å². The van der Waals surface area contributed by atoms with Gasteiger partial charge in [-0.1, -0.05) is 0 Å². The molecule has 3 aromatic rings. The van der Waals surface area contributed by atoms with Crippen molar-refractivity contribution in [2.45, 2.75) is 17.7 Å². The minimum absolute atomic E-state index is 0.0431. The van der Waals surface area contributed by atoms with Crippen molar-refractivity contribution in [3.63, 3.8) is 0 Å². The van der Waals surface area contributed by atoms with Gasteiger partial charge >= 0.3 is 0 Å². The van der Waals surface area contributed by atoms with Crippen molar-refractivity contribution in [3.05, 3.63) is 66.5 Å². The maximum absolute atomic E-state index is 12.7. The Bertz CT molecular complexity index is 1120. The van der Waals surface area contributed by atoms with E-state index in [4.69, 9.17) is 0 Å². The maximum atomic E-state index is 12.7. The van der Waals surface area contributed by atoms with Crippen molar-refractivity contribution >= 4 is 21.6 Å². The molecule has 150 valence electrons. The van der Waals surface area contributed by atoms with Gasteiger partial charge in [-0.15, -0.1) is 0 Å². The van der Waals surface area contributed by atoms with E-state index < -0.39 is 15.9 Å². The fraction of sp³-hybridized carbons (Fsp3) is 0.200. The Morgan fingerprint density at radius 3 is 2.45 bits per heavy atom. The lowest BCUT2D eigenvalue weighted by Gasteiger charge is -2.16. The van der Waals surface area contributed by atoms with Gasteiger partial charge in [0.2, 0.25) is 10.0 Å². The summed E-state index contributed by atoms with van der Waals surface area (Å²) in [6, 6.07) is 12.5. The number of phenols is 1. The van der Waals surface area contributed by atoms with E-state index >= 15 is 0 Å². The van der Waals surface area contributed by atoms with E-state index in [-0.39, 0.29) is 16.3 Å². The first kappa shape index (κ1) is 19.2. The highest BCUT2D eigenvalue weighted by Crippen LogP contribution is 2.29. The second-order valence-electron chi connectivity index (χ2n) is 6.74. The Hall–Kier alpha value is -3.17. The second-order valence-corrected chi connectivity index (χ2v) is 8.68. The Morgan fingerprint density at radius 2 is 1.79 bits per heavy atom. The zero-order chi connectivity index (χ0) is 20.4. The second kappa shape index (κ2) is 7.69. The third-order valence-corrected chi connectivity index (χ3v) is 6.71. The van der Waals surface area contributed by atoms with Crippen LogP contribution in [0.2, 0.25) is 0 Å². The molecule has 1 aliphatic rings. The first-order chi connectivity index (χ1) is 13.9. The molecular formula is C20H20N4O4S. The quantitative estimate of drug-likeness (QED) is 0.627. The van der Waals surface area contributed by atoms with Crippen molar-refractivity contribution < 1.29 is 18.3 Å². The first-order valence-corrected chi connectivity index (χ1v) is 10.6. The number of hydrogen-bond donors (Lipinski definition) is 2. The van der Waals surface area contributed by atoms with Crippen LogP contribution in [0.5, 0.6) is 5.75 Å². The molecule has 0 radical (unpaired) electrons. The van der Waals surface area contributed by atoms with Gasteiger partial charge in [-0.2, -0.15) is 9.40 Å². The highest BCUT2D eigenvalue weighted by Gasteiger charge is 2.28. The molecule has 8 nitrogen and oxygen atoms in total. The summed E-state index contributed by atoms with van der Waals surface area (Å²) in [7, 11) is -3.65. The molecule has 9 heteroatoms. The molecule has 2 heterocycles. The average Bonchev–Trinajstić information content (AvgIpc) is 3.44. The Balaban J connectivity index is 1.55. The van der Waals surface area contributed by atoms with Crippen LogP contribution in [0.15, 0.2) is 65.8 Å². The summed E-state index contributed by atoms with van der Waals surface area (Å²) in [6.07, 6.45) is 5.11. The number of carbonyl (C=O) groups is 1. The first-order valence-electron chi connectivity index (χ1n) is 9.20. The normalized spacial score (nSPS) is 14.8. The molecule has 1 aromatic heterocycles. The number of benzene rings is 2. The molecular weight excluding hydrogens is 392 g/mol. The van der Waals surface area contributed by atoms with Gasteiger partial charge in [-0.25, -0.2) is 13.1 Å². The summed E-state index contributed by atoms with van der Waals surface area (Å²) in [5.41, 5.74) is 1.22. The van der Waals surface area contributed by atoms with E-state index in [0.29, 0.717) is 18.7 Å². The minimum atomic E-state index is -3.65. The zero-order valence-electron chi connectivity index (χ0n) is 15.5. The van der Waals surface area contributed by atoms with Gasteiger partial charge in [-0.05, 0) is 61.4 Å². The van der Waals surface area contributed by atoms with Gasteiger partial charge in [0.15, 0.2) is 0 Å². The van der Waals surface area contributed by atoms with Crippen LogP contribution in [0, 0.1) is 0 Å². The predicted octanol–water partition coefficient (Wildman–Crippen LogP) is 2.61. The van der Waals surface area contributed by atoms with Crippen LogP contribution in [0.3, 0.4) is 0 Å². The lowest BCUT2D eigenvalue weighted by atomic mass is 10.2. The number of nitrogens with one attached hydrogen (secondary N) is 1. The number of sulfonamides is 1. The number of rotatable bonds is 5. The number of aromatic hydroxyl groups is 1. The van der Waals surface area contributed by atoms with Gasteiger partial charge in [0, 0.05) is 31.0 Å². The number of carbonyl (C=O) groups excluding carboxylic acids is 1. The number of nitrogens with zero attached hydrogens (tertiary/aromatic N) is 3. The van der Waals surface area contributed by atoms with Crippen LogP contribution in [-0.2, 0) is 10.0 Å². The molecule has 1 fully saturated rings. The van der Waals surface area contributed by atoms with E-state index in [1.807, 2.05) is 0 Å². The van der Waals surface area contributed by atoms with Gasteiger partial charge < -0.3 is 10.4 Å². The summed E-state index contributed by atoms with van der Waals surface area (Å²) in [5, 5.41) is 16.8. The number of anilines is 1. The molecule has 4 rings (SSSR count). The molecule has 0 atom stereocenters. The number of hydrogen-bond acceptors (Lipinski definition) is 5. The highest BCUT2D eigenvalue weighted by atomic mass is 32.2. The molecule has 2 N–H and O–H groups in total. The van der Waals surface area contributed by atoms with Crippen LogP contribution in [-0.4, -0.2) is 46.6 Å². The van der Waals surface area contributed by atoms with E-state index in [2.05, 4.69) is 10.4 Å². The fourth-order valence-electron chi connectivity index (χ4n) is 3.23. The van der Waals surface area contributed by atoms with E-state index in [9.17, 15) is 18.3 Å². The lowest BCUT2D eigenvalue weighted by Crippen LogP contribution is -2.28. The maximum Gasteiger partial charge on any atom is 0.255 e. The Labute approximate surface area is 168 Å². The number of aromatic nitrogens is 2. The lowest BCUT2D eigenvalue weighted by molar-refractivity contribution is 0.102. The topological polar surface area (TPSA) is 105 Å². The van der Waals surface area contributed by atoms with Crippen LogP contribution < -0.4 is 5.32 Å². The fourth-order valence-corrected chi connectivity index (χ4v) is 4.78. The van der Waals surface area contributed by atoms with Gasteiger partial charge in [0.1, 0.15) is 5.75 Å². The largest absolute Gasteiger partial charge is 0.506 e. The van der Waals surface area contributed by atoms with Crippen molar-refractivity contribution in [2.24, 2.45) is 0 Å². The van der Waals surface area contributed by atoms with Gasteiger partial charge in [-0.3, -0.25) is 4.79 Å². The van der Waals surface area contributed by atoms with Crippen LogP contribution in [0.1, 0.15) is 23.2 Å². The minimum Gasteiger partial charge on any atom is -0.506 e. The third kappa shape index (κ3) is 3.87. The molecule has 0 spiro atoms. The molecule has 0 saturated carbocycles. The SMILES string of the molecule is O=C(Nc1cc(S(=O)(=O)N2CCCC2)ccc1O)c1ccc(-n2cccn2)cc1. The van der Waals surface area contributed by atoms with Gasteiger partial charge in [0.05, 0.1) is 16.3 Å².